The summed E-state index contributed by atoms with van der Waals surface area (Å²) < 4.78 is 0. The Morgan fingerprint density at radius 2 is 2.40 bits per heavy atom. The van der Waals surface area contributed by atoms with Crippen molar-refractivity contribution in [2.75, 3.05) is 18.0 Å². The molecule has 0 N–H and O–H groups in total. The number of carbonyl (C=O) groups excluding carboxylic acids is 1. The number of anilines is 1. The van der Waals surface area contributed by atoms with E-state index in [1.54, 1.807) is 11.3 Å². The van der Waals surface area contributed by atoms with E-state index in [0.717, 1.165) is 24.6 Å². The van der Waals surface area contributed by atoms with Crippen LogP contribution in [0.3, 0.4) is 0 Å². The fraction of sp³-hybridized carbons (Fsp3) is 0.636. The summed E-state index contributed by atoms with van der Waals surface area (Å²) >= 11 is 1.66. The van der Waals surface area contributed by atoms with E-state index >= 15 is 0 Å². The third-order valence-corrected chi connectivity index (χ3v) is 3.61. The third kappa shape index (κ3) is 2.37. The number of hydrogen-bond acceptors (Lipinski definition) is 4. The van der Waals surface area contributed by atoms with Gasteiger partial charge in [-0.15, -0.1) is 11.3 Å². The summed E-state index contributed by atoms with van der Waals surface area (Å²) in [5.74, 6) is 1.11. The van der Waals surface area contributed by atoms with Crippen LogP contribution in [0.5, 0.6) is 0 Å². The van der Waals surface area contributed by atoms with Gasteiger partial charge in [0.05, 0.1) is 0 Å². The summed E-state index contributed by atoms with van der Waals surface area (Å²) in [5.41, 5.74) is 0. The van der Waals surface area contributed by atoms with Gasteiger partial charge in [0, 0.05) is 42.9 Å². The van der Waals surface area contributed by atoms with Crippen LogP contribution in [-0.2, 0) is 4.79 Å². The van der Waals surface area contributed by atoms with E-state index in [2.05, 4.69) is 9.88 Å². The van der Waals surface area contributed by atoms with Crippen LogP contribution in [0.2, 0.25) is 0 Å². The lowest BCUT2D eigenvalue weighted by atomic mass is 9.91. The quantitative estimate of drug-likeness (QED) is 0.786. The molecule has 0 saturated carbocycles. The lowest BCUT2D eigenvalue weighted by molar-refractivity contribution is -0.123. The van der Waals surface area contributed by atoms with Crippen LogP contribution in [-0.4, -0.2) is 23.9 Å². The molecule has 1 aromatic heterocycles. The smallest absolute Gasteiger partial charge is 0.185 e. The highest BCUT2D eigenvalue weighted by molar-refractivity contribution is 7.13. The minimum Gasteiger partial charge on any atom is -0.347 e. The molecule has 15 heavy (non-hydrogen) atoms. The minimum atomic E-state index is 0.180. The second kappa shape index (κ2) is 4.31. The van der Waals surface area contributed by atoms with E-state index in [-0.39, 0.29) is 5.92 Å². The Kier molecular flexibility index (Phi) is 3.05. The monoisotopic (exact) mass is 224 g/mol. The normalized spacial score (nSPS) is 16.9. The van der Waals surface area contributed by atoms with Crippen molar-refractivity contribution in [1.29, 1.82) is 0 Å². The number of Topliss-reactive ketones (excluding diaryl/α,β-unsaturated/α-hetero) is 1. The van der Waals surface area contributed by atoms with Crippen LogP contribution >= 0.6 is 11.3 Å². The molecule has 1 aliphatic rings. The van der Waals surface area contributed by atoms with Crippen LogP contribution in [0.25, 0.3) is 0 Å². The molecular weight excluding hydrogens is 208 g/mol. The van der Waals surface area contributed by atoms with Gasteiger partial charge in [0.25, 0.3) is 0 Å². The summed E-state index contributed by atoms with van der Waals surface area (Å²) in [6.45, 7) is 5.93. The van der Waals surface area contributed by atoms with Gasteiger partial charge in [-0.2, -0.15) is 0 Å². The Morgan fingerprint density at radius 1 is 1.67 bits per heavy atom. The van der Waals surface area contributed by atoms with E-state index in [4.69, 9.17) is 0 Å². The number of carbonyl (C=O) groups is 1. The number of thiazole rings is 1. The van der Waals surface area contributed by atoms with E-state index < -0.39 is 0 Å². The van der Waals surface area contributed by atoms with Crippen LogP contribution in [0.4, 0.5) is 5.13 Å². The second-order valence-electron chi connectivity index (χ2n) is 4.41. The summed E-state index contributed by atoms with van der Waals surface area (Å²) in [4.78, 5) is 18.0. The Bertz CT molecular complexity index is 328. The SMILES string of the molecule is CC(C)C(=O)CC1CN(c2nccs2)C1. The number of ketones is 1. The van der Waals surface area contributed by atoms with Gasteiger partial charge in [-0.05, 0) is 0 Å². The predicted octanol–water partition coefficient (Wildman–Crippen LogP) is 2.19. The maximum Gasteiger partial charge on any atom is 0.185 e. The first kappa shape index (κ1) is 10.6. The largest absolute Gasteiger partial charge is 0.347 e. The van der Waals surface area contributed by atoms with Crippen molar-refractivity contribution < 1.29 is 4.79 Å². The highest BCUT2D eigenvalue weighted by atomic mass is 32.1. The molecule has 2 rings (SSSR count). The number of aromatic nitrogens is 1. The molecular formula is C11H16N2OS. The van der Waals surface area contributed by atoms with Gasteiger partial charge in [0.2, 0.25) is 0 Å². The maximum atomic E-state index is 11.5. The molecule has 0 amide bonds. The number of rotatable bonds is 4. The zero-order valence-electron chi connectivity index (χ0n) is 9.14. The summed E-state index contributed by atoms with van der Waals surface area (Å²) in [5, 5.41) is 3.07. The van der Waals surface area contributed by atoms with Gasteiger partial charge in [-0.3, -0.25) is 4.79 Å². The zero-order chi connectivity index (χ0) is 10.8. The first-order chi connectivity index (χ1) is 7.16. The topological polar surface area (TPSA) is 33.2 Å². The van der Waals surface area contributed by atoms with Crippen LogP contribution in [0.1, 0.15) is 20.3 Å². The molecule has 0 radical (unpaired) electrons. The van der Waals surface area contributed by atoms with Gasteiger partial charge < -0.3 is 4.90 Å². The van der Waals surface area contributed by atoms with E-state index in [9.17, 15) is 4.79 Å². The Balaban J connectivity index is 1.77. The Hall–Kier alpha value is -0.900. The lowest BCUT2D eigenvalue weighted by Gasteiger charge is -2.39. The minimum absolute atomic E-state index is 0.180. The van der Waals surface area contributed by atoms with Gasteiger partial charge in [0.15, 0.2) is 5.13 Å². The van der Waals surface area contributed by atoms with Crippen LogP contribution in [0.15, 0.2) is 11.6 Å². The predicted molar refractivity (Wildman–Crippen MR) is 62.3 cm³/mol. The van der Waals surface area contributed by atoms with Gasteiger partial charge in [-0.25, -0.2) is 4.98 Å². The highest BCUT2D eigenvalue weighted by Gasteiger charge is 2.30. The molecule has 1 saturated heterocycles. The number of hydrogen-bond donors (Lipinski definition) is 0. The molecule has 0 unspecified atom stereocenters. The van der Waals surface area contributed by atoms with Crippen LogP contribution < -0.4 is 4.90 Å². The molecule has 3 nitrogen and oxygen atoms in total. The van der Waals surface area contributed by atoms with Crippen molar-refractivity contribution in [3.8, 4) is 0 Å². The molecule has 0 atom stereocenters. The average molecular weight is 224 g/mol. The van der Waals surface area contributed by atoms with E-state index in [0.29, 0.717) is 11.7 Å². The first-order valence-electron chi connectivity index (χ1n) is 5.34. The van der Waals surface area contributed by atoms with Crippen molar-refractivity contribution in [1.82, 2.24) is 4.98 Å². The fourth-order valence-corrected chi connectivity index (χ4v) is 2.41. The molecule has 2 heterocycles. The van der Waals surface area contributed by atoms with Crippen molar-refractivity contribution in [2.24, 2.45) is 11.8 Å². The molecule has 82 valence electrons. The molecule has 0 bridgehead atoms. The fourth-order valence-electron chi connectivity index (χ4n) is 1.75. The standard InChI is InChI=1S/C11H16N2OS/c1-8(2)10(14)5-9-6-13(7-9)11-12-3-4-15-11/h3-4,8-9H,5-7H2,1-2H3. The van der Waals surface area contributed by atoms with Crippen molar-refractivity contribution in [2.45, 2.75) is 20.3 Å². The molecule has 0 spiro atoms. The Labute approximate surface area is 94.1 Å². The average Bonchev–Trinajstić information content (AvgIpc) is 2.62. The molecule has 1 aromatic rings. The summed E-state index contributed by atoms with van der Waals surface area (Å²) in [6.07, 6.45) is 2.56. The number of nitrogens with zero attached hydrogens (tertiary/aromatic N) is 2. The molecule has 1 fully saturated rings. The molecule has 0 aromatic carbocycles. The van der Waals surface area contributed by atoms with Gasteiger partial charge in [-0.1, -0.05) is 13.8 Å². The van der Waals surface area contributed by atoms with E-state index in [1.807, 2.05) is 25.4 Å². The van der Waals surface area contributed by atoms with E-state index in [1.165, 1.54) is 0 Å². The van der Waals surface area contributed by atoms with Crippen molar-refractivity contribution in [3.05, 3.63) is 11.6 Å². The van der Waals surface area contributed by atoms with Gasteiger partial charge in [0.1, 0.15) is 5.78 Å². The van der Waals surface area contributed by atoms with Crippen molar-refractivity contribution >= 4 is 22.3 Å². The highest BCUT2D eigenvalue weighted by Crippen LogP contribution is 2.28. The maximum absolute atomic E-state index is 11.5. The molecule has 0 aliphatic carbocycles. The van der Waals surface area contributed by atoms with Crippen molar-refractivity contribution in [3.63, 3.8) is 0 Å². The summed E-state index contributed by atoms with van der Waals surface area (Å²) in [6, 6.07) is 0. The first-order valence-corrected chi connectivity index (χ1v) is 6.22. The Morgan fingerprint density at radius 3 is 2.93 bits per heavy atom. The van der Waals surface area contributed by atoms with Crippen LogP contribution in [0, 0.1) is 11.8 Å². The third-order valence-electron chi connectivity index (χ3n) is 2.78. The zero-order valence-corrected chi connectivity index (χ0v) is 9.96. The molecule has 1 aliphatic heterocycles. The lowest BCUT2D eigenvalue weighted by Crippen LogP contribution is -2.47. The summed E-state index contributed by atoms with van der Waals surface area (Å²) in [7, 11) is 0. The molecule has 4 heteroatoms. The second-order valence-corrected chi connectivity index (χ2v) is 5.28. The van der Waals surface area contributed by atoms with Gasteiger partial charge >= 0.3 is 0 Å².